The predicted octanol–water partition coefficient (Wildman–Crippen LogP) is 6.34. The van der Waals surface area contributed by atoms with Gasteiger partial charge in [0.25, 0.3) is 0 Å². The van der Waals surface area contributed by atoms with Gasteiger partial charge in [0.2, 0.25) is 17.0 Å². The van der Waals surface area contributed by atoms with E-state index in [-0.39, 0.29) is 40.6 Å². The molecule has 0 spiro atoms. The summed E-state index contributed by atoms with van der Waals surface area (Å²) in [6.45, 7) is 2.40. The molecule has 0 saturated carbocycles. The summed E-state index contributed by atoms with van der Waals surface area (Å²) >= 11 is 0. The molecule has 0 amide bonds. The van der Waals surface area contributed by atoms with Crippen molar-refractivity contribution in [1.82, 2.24) is 0 Å². The molecule has 192 valence electrons. The smallest absolute Gasteiger partial charge is 0.338 e. The molecule has 0 N–H and O–H groups in total. The largest absolute Gasteiger partial charge is 0.489 e. The van der Waals surface area contributed by atoms with E-state index in [0.29, 0.717) is 5.56 Å². The lowest BCUT2D eigenvalue weighted by molar-refractivity contribution is 0.0526. The van der Waals surface area contributed by atoms with Gasteiger partial charge >= 0.3 is 5.97 Å². The van der Waals surface area contributed by atoms with Crippen LogP contribution in [0, 0.1) is 36.0 Å². The van der Waals surface area contributed by atoms with E-state index >= 15 is 0 Å². The Morgan fingerprint density at radius 2 is 1.46 bits per heavy atom. The van der Waals surface area contributed by atoms with Crippen LogP contribution in [0.1, 0.15) is 28.6 Å². The number of aryl methyl sites for hydroxylation is 1. The van der Waals surface area contributed by atoms with Crippen LogP contribution >= 0.6 is 0 Å². The molecule has 0 bridgehead atoms. The quantitative estimate of drug-likeness (QED) is 0.122. The lowest BCUT2D eigenvalue weighted by atomic mass is 10.1. The van der Waals surface area contributed by atoms with Gasteiger partial charge < -0.3 is 18.6 Å². The highest BCUT2D eigenvalue weighted by Crippen LogP contribution is 2.29. The zero-order chi connectivity index (χ0) is 26.9. The zero-order valence-electron chi connectivity index (χ0n) is 19.3. The van der Waals surface area contributed by atoms with Gasteiger partial charge in [-0.25, -0.2) is 26.7 Å². The van der Waals surface area contributed by atoms with Crippen molar-refractivity contribution in [3.05, 3.63) is 98.7 Å². The van der Waals surface area contributed by atoms with Crippen molar-refractivity contribution in [2.45, 2.75) is 20.5 Å². The third-order valence-corrected chi connectivity index (χ3v) is 5.26. The standard InChI is InChI=1S/C26H17F5O6/c1-3-34-26(33)13-4-6-14(7-5-13)37-25-12(2)36-18-10-15(8-9-16(18)24(25)32)35-11-17-19(27)21(29)23(31)22(30)20(17)28/h4-10H,3,11H2,1-2H3. The molecule has 0 atom stereocenters. The lowest BCUT2D eigenvalue weighted by Crippen LogP contribution is -2.10. The monoisotopic (exact) mass is 520 g/mol. The number of hydrogen-bond donors (Lipinski definition) is 0. The Labute approximate surface area is 205 Å². The lowest BCUT2D eigenvalue weighted by Gasteiger charge is -2.12. The van der Waals surface area contributed by atoms with Gasteiger partial charge in [-0.2, -0.15) is 0 Å². The zero-order valence-corrected chi connectivity index (χ0v) is 19.3. The minimum absolute atomic E-state index is 0.0300. The van der Waals surface area contributed by atoms with Gasteiger partial charge in [0.15, 0.2) is 23.3 Å². The molecule has 0 aliphatic carbocycles. The third kappa shape index (κ3) is 4.97. The molecule has 0 aliphatic heterocycles. The van der Waals surface area contributed by atoms with Gasteiger partial charge in [-0.05, 0) is 50.2 Å². The summed E-state index contributed by atoms with van der Waals surface area (Å²) in [4.78, 5) is 24.8. The molecule has 6 nitrogen and oxygen atoms in total. The normalized spacial score (nSPS) is 11.0. The van der Waals surface area contributed by atoms with E-state index in [0.717, 1.165) is 0 Å². The van der Waals surface area contributed by atoms with Crippen LogP contribution in [0.4, 0.5) is 22.0 Å². The molecule has 0 saturated heterocycles. The van der Waals surface area contributed by atoms with Crippen LogP contribution in [0.2, 0.25) is 0 Å². The molecule has 0 aliphatic rings. The maximum absolute atomic E-state index is 13.9. The fourth-order valence-corrected chi connectivity index (χ4v) is 3.40. The second-order valence-corrected chi connectivity index (χ2v) is 7.66. The fraction of sp³-hybridized carbons (Fsp3) is 0.154. The van der Waals surface area contributed by atoms with Gasteiger partial charge in [-0.3, -0.25) is 4.79 Å². The maximum Gasteiger partial charge on any atom is 0.338 e. The maximum atomic E-state index is 13.9. The minimum Gasteiger partial charge on any atom is -0.489 e. The summed E-state index contributed by atoms with van der Waals surface area (Å²) in [6, 6.07) is 9.69. The van der Waals surface area contributed by atoms with Crippen LogP contribution in [-0.2, 0) is 11.3 Å². The first-order valence-corrected chi connectivity index (χ1v) is 10.8. The second-order valence-electron chi connectivity index (χ2n) is 7.66. The number of esters is 1. The Morgan fingerprint density at radius 1 is 0.865 bits per heavy atom. The summed E-state index contributed by atoms with van der Waals surface area (Å²) in [6.07, 6.45) is 0. The SMILES string of the molecule is CCOC(=O)c1ccc(Oc2c(C)oc3cc(OCc4c(F)c(F)c(F)c(F)c4F)ccc3c2=O)cc1. The molecule has 11 heteroatoms. The summed E-state index contributed by atoms with van der Waals surface area (Å²) in [5, 5.41) is 0.0762. The topological polar surface area (TPSA) is 75.0 Å². The number of benzene rings is 3. The first-order valence-electron chi connectivity index (χ1n) is 10.8. The van der Waals surface area contributed by atoms with Crippen LogP contribution in [-0.4, -0.2) is 12.6 Å². The van der Waals surface area contributed by atoms with Gasteiger partial charge in [0.05, 0.1) is 23.1 Å². The van der Waals surface area contributed by atoms with Crippen LogP contribution in [0.25, 0.3) is 11.0 Å². The number of hydrogen-bond acceptors (Lipinski definition) is 6. The molecule has 1 heterocycles. The van der Waals surface area contributed by atoms with E-state index < -0.39 is 52.7 Å². The van der Waals surface area contributed by atoms with E-state index in [2.05, 4.69) is 0 Å². The van der Waals surface area contributed by atoms with Gasteiger partial charge in [0.1, 0.15) is 29.4 Å². The van der Waals surface area contributed by atoms with Gasteiger partial charge in [-0.1, -0.05) is 0 Å². The predicted molar refractivity (Wildman–Crippen MR) is 120 cm³/mol. The minimum atomic E-state index is -2.27. The highest BCUT2D eigenvalue weighted by atomic mass is 19.2. The molecule has 4 aromatic rings. The second kappa shape index (κ2) is 10.3. The summed E-state index contributed by atoms with van der Waals surface area (Å²) in [5.74, 6) is -10.8. The van der Waals surface area contributed by atoms with E-state index in [1.807, 2.05) is 0 Å². The number of rotatable bonds is 7. The van der Waals surface area contributed by atoms with Crippen LogP contribution in [0.5, 0.6) is 17.2 Å². The fourth-order valence-electron chi connectivity index (χ4n) is 3.40. The number of fused-ring (bicyclic) bond motifs is 1. The van der Waals surface area contributed by atoms with Crippen LogP contribution in [0.3, 0.4) is 0 Å². The Hall–Kier alpha value is -4.41. The first-order chi connectivity index (χ1) is 17.6. The summed E-state index contributed by atoms with van der Waals surface area (Å²) in [5.41, 5.74) is -1.36. The van der Waals surface area contributed by atoms with Crippen molar-refractivity contribution >= 4 is 16.9 Å². The van der Waals surface area contributed by atoms with Crippen molar-refractivity contribution < 1.29 is 45.4 Å². The molecule has 0 unspecified atom stereocenters. The van der Waals surface area contributed by atoms with E-state index in [4.69, 9.17) is 18.6 Å². The van der Waals surface area contributed by atoms with Crippen LogP contribution < -0.4 is 14.9 Å². The summed E-state index contributed by atoms with van der Waals surface area (Å²) < 4.78 is 89.2. The van der Waals surface area contributed by atoms with E-state index in [1.165, 1.54) is 49.4 Å². The Kier molecular flexibility index (Phi) is 7.14. The van der Waals surface area contributed by atoms with Crippen molar-refractivity contribution in [3.8, 4) is 17.2 Å². The Balaban J connectivity index is 1.58. The summed E-state index contributed by atoms with van der Waals surface area (Å²) in [7, 11) is 0. The Bertz CT molecular complexity index is 1530. The average Bonchev–Trinajstić information content (AvgIpc) is 2.89. The van der Waals surface area contributed by atoms with Gasteiger partial charge in [0, 0.05) is 6.07 Å². The number of halogens is 5. The van der Waals surface area contributed by atoms with Crippen LogP contribution in [0.15, 0.2) is 51.7 Å². The first kappa shape index (κ1) is 25.7. The highest BCUT2D eigenvalue weighted by molar-refractivity contribution is 5.89. The average molecular weight is 520 g/mol. The van der Waals surface area contributed by atoms with Crippen molar-refractivity contribution in [2.75, 3.05) is 6.61 Å². The van der Waals surface area contributed by atoms with E-state index in [1.54, 1.807) is 6.92 Å². The number of carbonyl (C=O) groups is 1. The molecule has 3 aromatic carbocycles. The molecule has 1 aromatic heterocycles. The molecule has 0 fully saturated rings. The molecular weight excluding hydrogens is 503 g/mol. The van der Waals surface area contributed by atoms with Gasteiger partial charge in [-0.15, -0.1) is 0 Å². The highest BCUT2D eigenvalue weighted by Gasteiger charge is 2.26. The number of ether oxygens (including phenoxy) is 3. The molecular formula is C26H17F5O6. The number of carbonyl (C=O) groups excluding carboxylic acids is 1. The van der Waals surface area contributed by atoms with Crippen molar-refractivity contribution in [2.24, 2.45) is 0 Å². The van der Waals surface area contributed by atoms with Crippen molar-refractivity contribution in [3.63, 3.8) is 0 Å². The Morgan fingerprint density at radius 3 is 2.08 bits per heavy atom. The van der Waals surface area contributed by atoms with E-state index in [9.17, 15) is 31.5 Å². The molecule has 37 heavy (non-hydrogen) atoms. The third-order valence-electron chi connectivity index (χ3n) is 5.26. The molecule has 0 radical (unpaired) electrons. The molecule has 4 rings (SSSR count). The van der Waals surface area contributed by atoms with Crippen molar-refractivity contribution in [1.29, 1.82) is 0 Å².